The van der Waals surface area contributed by atoms with Crippen molar-refractivity contribution in [1.82, 2.24) is 0 Å². The molecule has 0 N–H and O–H groups in total. The van der Waals surface area contributed by atoms with E-state index in [0.29, 0.717) is 13.0 Å². The standard InChI is InChI=1S/C27H40O8S/c1-8-32-23(29)19(24(30)33-9-2)13-11-12-18-20(35-17(4)28)14-27(7)16-26(5,6)15-21(22(18)27)36-25(31)34-10-3/h11,19-22H,8-10,13-16H2,1-7H3/t12?,20?,21?,22-,27+/m0/s1. The van der Waals surface area contributed by atoms with Crippen LogP contribution in [0.2, 0.25) is 0 Å². The second-order valence-electron chi connectivity index (χ2n) is 10.4. The lowest BCUT2D eigenvalue weighted by Crippen LogP contribution is -2.43. The first-order chi connectivity index (χ1) is 16.9. The number of fused-ring (bicyclic) bond motifs is 1. The fourth-order valence-electron chi connectivity index (χ4n) is 5.84. The van der Waals surface area contributed by atoms with Gasteiger partial charge in [-0.2, -0.15) is 0 Å². The number of rotatable bonds is 9. The lowest BCUT2D eigenvalue weighted by atomic mass is 9.60. The molecule has 0 amide bonds. The van der Waals surface area contributed by atoms with Crippen LogP contribution in [0.15, 0.2) is 17.4 Å². The van der Waals surface area contributed by atoms with Crippen LogP contribution >= 0.6 is 11.8 Å². The molecule has 0 bridgehead atoms. The molecule has 202 valence electrons. The molecule has 8 nitrogen and oxygen atoms in total. The van der Waals surface area contributed by atoms with Gasteiger partial charge in [0.25, 0.3) is 0 Å². The second kappa shape index (κ2) is 12.8. The Morgan fingerprint density at radius 2 is 1.58 bits per heavy atom. The zero-order chi connectivity index (χ0) is 27.1. The normalized spacial score (nSPS) is 26.4. The SMILES string of the molecule is CCOC(=O)SC1CC(C)(C)C[C@@]2(C)CC(OC(C)=O)C(=C=CCC(C(=O)OCC)C(=O)OCC)[C@@H]12. The van der Waals surface area contributed by atoms with Crippen molar-refractivity contribution in [3.8, 4) is 0 Å². The molecule has 0 heterocycles. The average Bonchev–Trinajstić information content (AvgIpc) is 3.00. The molecule has 0 aromatic heterocycles. The second-order valence-corrected chi connectivity index (χ2v) is 11.6. The molecule has 2 aliphatic rings. The summed E-state index contributed by atoms with van der Waals surface area (Å²) >= 11 is 1.19. The van der Waals surface area contributed by atoms with Crippen LogP contribution in [0.3, 0.4) is 0 Å². The highest BCUT2D eigenvalue weighted by molar-refractivity contribution is 8.13. The van der Waals surface area contributed by atoms with Gasteiger partial charge in [0.15, 0.2) is 5.92 Å². The Bertz CT molecular complexity index is 885. The van der Waals surface area contributed by atoms with Crippen LogP contribution in [0.5, 0.6) is 0 Å². The lowest BCUT2D eigenvalue weighted by molar-refractivity contribution is -0.161. The van der Waals surface area contributed by atoms with Crippen molar-refractivity contribution < 1.29 is 38.1 Å². The molecule has 0 saturated heterocycles. The summed E-state index contributed by atoms with van der Waals surface area (Å²) in [5.74, 6) is -2.90. The topological polar surface area (TPSA) is 105 Å². The van der Waals surface area contributed by atoms with Crippen LogP contribution in [-0.4, -0.2) is 54.4 Å². The van der Waals surface area contributed by atoms with Gasteiger partial charge in [-0.1, -0.05) is 20.8 Å². The van der Waals surface area contributed by atoms with Crippen LogP contribution in [0.4, 0.5) is 4.79 Å². The molecule has 2 rings (SSSR count). The monoisotopic (exact) mass is 524 g/mol. The molecule has 2 aliphatic carbocycles. The number of carbonyl (C=O) groups is 4. The molecular weight excluding hydrogens is 484 g/mol. The molecule has 9 heteroatoms. The van der Waals surface area contributed by atoms with Gasteiger partial charge in [-0.15, -0.1) is 5.73 Å². The maximum atomic E-state index is 12.5. The zero-order valence-corrected chi connectivity index (χ0v) is 23.3. The minimum atomic E-state index is -1.10. The molecule has 0 aromatic carbocycles. The van der Waals surface area contributed by atoms with Crippen molar-refractivity contribution in [2.75, 3.05) is 19.8 Å². The van der Waals surface area contributed by atoms with Gasteiger partial charge in [0, 0.05) is 23.7 Å². The van der Waals surface area contributed by atoms with Gasteiger partial charge in [0.2, 0.25) is 0 Å². The van der Waals surface area contributed by atoms with E-state index in [4.69, 9.17) is 18.9 Å². The van der Waals surface area contributed by atoms with E-state index in [1.165, 1.54) is 18.7 Å². The largest absolute Gasteiger partial charge is 0.465 e. The van der Waals surface area contributed by atoms with E-state index in [-0.39, 0.29) is 46.9 Å². The molecule has 2 unspecified atom stereocenters. The predicted octanol–water partition coefficient (Wildman–Crippen LogP) is 5.24. The number of thioether (sulfide) groups is 1. The fourth-order valence-corrected chi connectivity index (χ4v) is 7.42. The molecule has 0 radical (unpaired) electrons. The summed E-state index contributed by atoms with van der Waals surface area (Å²) in [6.07, 6.45) is 3.44. The van der Waals surface area contributed by atoms with Gasteiger partial charge in [0.05, 0.1) is 19.8 Å². The molecule has 4 atom stereocenters. The highest BCUT2D eigenvalue weighted by Crippen LogP contribution is 2.62. The summed E-state index contributed by atoms with van der Waals surface area (Å²) in [4.78, 5) is 49.2. The summed E-state index contributed by atoms with van der Waals surface area (Å²) in [6, 6.07) is 0. The number of hydrogen-bond acceptors (Lipinski definition) is 9. The predicted molar refractivity (Wildman–Crippen MR) is 136 cm³/mol. The summed E-state index contributed by atoms with van der Waals surface area (Å²) in [5.41, 5.74) is 3.80. The highest BCUT2D eigenvalue weighted by Gasteiger charge is 2.58. The van der Waals surface area contributed by atoms with Crippen LogP contribution in [-0.2, 0) is 33.3 Å². The van der Waals surface area contributed by atoms with E-state index in [1.54, 1.807) is 26.8 Å². The number of esters is 3. The molecule has 0 aliphatic heterocycles. The van der Waals surface area contributed by atoms with Crippen LogP contribution in [0.1, 0.15) is 74.1 Å². The van der Waals surface area contributed by atoms with Crippen molar-refractivity contribution in [2.24, 2.45) is 22.7 Å². The third-order valence-corrected chi connectivity index (χ3v) is 7.73. The minimum Gasteiger partial charge on any atom is -0.465 e. The van der Waals surface area contributed by atoms with E-state index >= 15 is 0 Å². The van der Waals surface area contributed by atoms with Crippen molar-refractivity contribution in [2.45, 2.75) is 85.5 Å². The van der Waals surface area contributed by atoms with Crippen molar-refractivity contribution in [1.29, 1.82) is 0 Å². The molecule has 0 aromatic rings. The van der Waals surface area contributed by atoms with Gasteiger partial charge in [-0.3, -0.25) is 14.4 Å². The first kappa shape index (κ1) is 30.0. The van der Waals surface area contributed by atoms with Crippen LogP contribution < -0.4 is 0 Å². The maximum absolute atomic E-state index is 12.5. The summed E-state index contributed by atoms with van der Waals surface area (Å²) in [7, 11) is 0. The lowest BCUT2D eigenvalue weighted by Gasteiger charge is -2.48. The van der Waals surface area contributed by atoms with Gasteiger partial charge >= 0.3 is 23.2 Å². The Morgan fingerprint density at radius 3 is 2.11 bits per heavy atom. The summed E-state index contributed by atoms with van der Waals surface area (Å²) in [6.45, 7) is 13.6. The van der Waals surface area contributed by atoms with Crippen LogP contribution in [0, 0.1) is 22.7 Å². The van der Waals surface area contributed by atoms with Gasteiger partial charge in [0.1, 0.15) is 6.10 Å². The number of ether oxygens (including phenoxy) is 4. The van der Waals surface area contributed by atoms with Gasteiger partial charge < -0.3 is 18.9 Å². The Hall–Kier alpha value is -2.25. The third kappa shape index (κ3) is 7.62. The van der Waals surface area contributed by atoms with E-state index < -0.39 is 29.9 Å². The molecular formula is C27H40O8S. The summed E-state index contributed by atoms with van der Waals surface area (Å²) in [5, 5.41) is -0.424. The zero-order valence-electron chi connectivity index (χ0n) is 22.5. The number of hydrogen-bond donors (Lipinski definition) is 0. The van der Waals surface area contributed by atoms with E-state index in [9.17, 15) is 19.2 Å². The Labute approximate surface area is 218 Å². The Morgan fingerprint density at radius 1 is 1.00 bits per heavy atom. The van der Waals surface area contributed by atoms with Gasteiger partial charge in [-0.05, 0) is 75.1 Å². The van der Waals surface area contributed by atoms with Gasteiger partial charge in [-0.25, -0.2) is 4.79 Å². The average molecular weight is 525 g/mol. The van der Waals surface area contributed by atoms with E-state index in [1.807, 2.05) is 0 Å². The van der Waals surface area contributed by atoms with E-state index in [2.05, 4.69) is 26.5 Å². The Balaban J connectivity index is 2.49. The molecule has 0 spiro atoms. The third-order valence-electron chi connectivity index (χ3n) is 6.67. The van der Waals surface area contributed by atoms with Crippen molar-refractivity contribution >= 4 is 35.0 Å². The maximum Gasteiger partial charge on any atom is 0.367 e. The molecule has 36 heavy (non-hydrogen) atoms. The van der Waals surface area contributed by atoms with E-state index in [0.717, 1.165) is 18.4 Å². The van der Waals surface area contributed by atoms with Crippen LogP contribution in [0.25, 0.3) is 0 Å². The van der Waals surface area contributed by atoms with Crippen molar-refractivity contribution in [3.63, 3.8) is 0 Å². The first-order valence-electron chi connectivity index (χ1n) is 12.7. The molecule has 2 saturated carbocycles. The number of carbonyl (C=O) groups excluding carboxylic acids is 4. The summed E-state index contributed by atoms with van der Waals surface area (Å²) < 4.78 is 21.1. The highest BCUT2D eigenvalue weighted by atomic mass is 32.2. The Kier molecular flexibility index (Phi) is 10.7. The molecule has 2 fully saturated rings. The first-order valence-corrected chi connectivity index (χ1v) is 13.5. The minimum absolute atomic E-state index is 0.0196. The smallest absolute Gasteiger partial charge is 0.367 e. The fraction of sp³-hybridized carbons (Fsp3) is 0.741. The van der Waals surface area contributed by atoms with Crippen molar-refractivity contribution in [3.05, 3.63) is 17.4 Å². The quantitative estimate of drug-likeness (QED) is 0.173.